The Morgan fingerprint density at radius 2 is 2.04 bits per heavy atom. The van der Waals surface area contributed by atoms with E-state index in [-0.39, 0.29) is 5.75 Å². The third kappa shape index (κ3) is 4.94. The average Bonchev–Trinajstić information content (AvgIpc) is 3.11. The van der Waals surface area contributed by atoms with Gasteiger partial charge in [0.2, 0.25) is 0 Å². The molecule has 0 radical (unpaired) electrons. The van der Waals surface area contributed by atoms with Gasteiger partial charge in [0.25, 0.3) is 0 Å². The van der Waals surface area contributed by atoms with Crippen LogP contribution in [0.15, 0.2) is 52.7 Å². The van der Waals surface area contributed by atoms with Gasteiger partial charge in [0.05, 0.1) is 11.8 Å². The predicted octanol–water partition coefficient (Wildman–Crippen LogP) is 4.12. The number of nitriles is 1. The van der Waals surface area contributed by atoms with Crippen LogP contribution in [0.5, 0.6) is 0 Å². The topological polar surface area (TPSA) is 80.0 Å². The summed E-state index contributed by atoms with van der Waals surface area (Å²) in [6.45, 7) is 1.37. The summed E-state index contributed by atoms with van der Waals surface area (Å²) < 4.78 is 5.04. The van der Waals surface area contributed by atoms with Crippen LogP contribution >= 0.6 is 23.1 Å². The zero-order valence-corrected chi connectivity index (χ0v) is 16.2. The second kappa shape index (κ2) is 8.80. The highest BCUT2D eigenvalue weighted by molar-refractivity contribution is 8.00. The first-order chi connectivity index (χ1) is 13.1. The first-order valence-electron chi connectivity index (χ1n) is 8.18. The van der Waals surface area contributed by atoms with Gasteiger partial charge >= 0.3 is 5.97 Å². The number of aryl methyl sites for hydroxylation is 1. The maximum Gasteiger partial charge on any atom is 0.316 e. The molecule has 7 heteroatoms. The number of carbonyl (C=O) groups excluding carboxylic acids is 2. The van der Waals surface area contributed by atoms with Crippen LogP contribution in [0, 0.1) is 18.3 Å². The molecule has 5 nitrogen and oxygen atoms in total. The van der Waals surface area contributed by atoms with E-state index in [0.29, 0.717) is 5.01 Å². The summed E-state index contributed by atoms with van der Waals surface area (Å²) in [7, 11) is 0. The van der Waals surface area contributed by atoms with Crippen molar-refractivity contribution in [3.63, 3.8) is 0 Å². The molecule has 0 unspecified atom stereocenters. The Morgan fingerprint density at radius 1 is 1.26 bits per heavy atom. The maximum absolute atomic E-state index is 12.2. The Kier molecular flexibility index (Phi) is 6.22. The molecule has 1 atom stereocenters. The van der Waals surface area contributed by atoms with Crippen molar-refractivity contribution in [2.24, 2.45) is 0 Å². The van der Waals surface area contributed by atoms with Crippen LogP contribution in [-0.4, -0.2) is 29.1 Å². The fraction of sp³-hybridized carbons (Fsp3) is 0.200. The molecule has 0 saturated carbocycles. The summed E-state index contributed by atoms with van der Waals surface area (Å²) in [4.78, 5) is 29.2. The van der Waals surface area contributed by atoms with Crippen LogP contribution < -0.4 is 0 Å². The highest BCUT2D eigenvalue weighted by Crippen LogP contribution is 2.24. The molecule has 3 aromatic rings. The fourth-order valence-electron chi connectivity index (χ4n) is 2.45. The van der Waals surface area contributed by atoms with Crippen LogP contribution in [0.4, 0.5) is 0 Å². The van der Waals surface area contributed by atoms with E-state index < -0.39 is 24.3 Å². The van der Waals surface area contributed by atoms with E-state index in [9.17, 15) is 14.9 Å². The molecule has 2 aromatic carbocycles. The van der Waals surface area contributed by atoms with Gasteiger partial charge in [-0.3, -0.25) is 9.59 Å². The van der Waals surface area contributed by atoms with Crippen LogP contribution in [0.2, 0.25) is 0 Å². The molecule has 136 valence electrons. The number of thioether (sulfide) groups is 1. The van der Waals surface area contributed by atoms with Crippen molar-refractivity contribution in [1.82, 2.24) is 4.98 Å². The lowest BCUT2D eigenvalue weighted by Crippen LogP contribution is -2.20. The van der Waals surface area contributed by atoms with Crippen LogP contribution in [0.25, 0.3) is 10.8 Å². The number of hydrogen-bond acceptors (Lipinski definition) is 7. The van der Waals surface area contributed by atoms with Crippen LogP contribution in [0.3, 0.4) is 0 Å². The van der Waals surface area contributed by atoms with Crippen molar-refractivity contribution in [3.8, 4) is 6.07 Å². The quantitative estimate of drug-likeness (QED) is 0.441. The molecule has 1 heterocycles. The number of fused-ring (bicyclic) bond motifs is 1. The summed E-state index contributed by atoms with van der Waals surface area (Å²) in [6.07, 6.45) is 0. The Morgan fingerprint density at radius 3 is 2.74 bits per heavy atom. The molecule has 0 saturated heterocycles. The Balaban J connectivity index is 1.51. The molecule has 0 N–H and O–H groups in total. The van der Waals surface area contributed by atoms with E-state index >= 15 is 0 Å². The molecule has 0 aliphatic carbocycles. The molecular weight excluding hydrogens is 380 g/mol. The molecule has 27 heavy (non-hydrogen) atoms. The largest absolute Gasteiger partial charge is 0.457 e. The number of thiazole rings is 1. The molecule has 1 aromatic heterocycles. The van der Waals surface area contributed by atoms with E-state index in [1.807, 2.05) is 48.5 Å². The summed E-state index contributed by atoms with van der Waals surface area (Å²) in [6, 6.07) is 15.9. The van der Waals surface area contributed by atoms with Gasteiger partial charge in [0.15, 0.2) is 18.3 Å². The Bertz CT molecular complexity index is 1020. The minimum atomic E-state index is -0.996. The van der Waals surface area contributed by atoms with E-state index in [1.165, 1.54) is 23.1 Å². The zero-order chi connectivity index (χ0) is 19.2. The Hall–Kier alpha value is -2.69. The summed E-state index contributed by atoms with van der Waals surface area (Å²) in [5, 5.41) is 13.7. The van der Waals surface area contributed by atoms with Crippen LogP contribution in [-0.2, 0) is 14.3 Å². The molecule has 0 bridgehead atoms. The van der Waals surface area contributed by atoms with E-state index in [4.69, 9.17) is 4.74 Å². The number of ether oxygens (including phenoxy) is 1. The lowest BCUT2D eigenvalue weighted by molar-refractivity contribution is -0.145. The third-order valence-corrected chi connectivity index (χ3v) is 5.78. The summed E-state index contributed by atoms with van der Waals surface area (Å²) in [5.41, 5.74) is 0.756. The number of nitrogens with zero attached hydrogens (tertiary/aromatic N) is 2. The number of esters is 1. The molecule has 3 rings (SSSR count). The second-order valence-corrected chi connectivity index (χ2v) is 7.75. The van der Waals surface area contributed by atoms with Gasteiger partial charge in [-0.2, -0.15) is 5.26 Å². The third-order valence-electron chi connectivity index (χ3n) is 3.79. The average molecular weight is 396 g/mol. The van der Waals surface area contributed by atoms with Gasteiger partial charge in [-0.15, -0.1) is 23.1 Å². The Labute approximate surface area is 165 Å². The second-order valence-electron chi connectivity index (χ2n) is 5.81. The molecule has 0 amide bonds. The first-order valence-corrected chi connectivity index (χ1v) is 10.0. The lowest BCUT2D eigenvalue weighted by atomic mass is 10.1. The molecule has 0 aliphatic heterocycles. The van der Waals surface area contributed by atoms with Gasteiger partial charge in [-0.25, -0.2) is 4.98 Å². The summed E-state index contributed by atoms with van der Waals surface area (Å²) in [5.74, 6) is -1.85. The standard InChI is InChI=1S/C20H16N2O3S2/c1-13-11-27-20(22-13)17(9-21)18(23)10-25-19(24)12-26-16-7-6-14-4-2-3-5-15(14)8-16/h2-8,11,17H,10,12H2,1H3/t17-/m0/s1. The summed E-state index contributed by atoms with van der Waals surface area (Å²) >= 11 is 2.60. The van der Waals surface area contributed by atoms with Gasteiger partial charge < -0.3 is 4.74 Å². The van der Waals surface area contributed by atoms with E-state index in [0.717, 1.165) is 21.4 Å². The van der Waals surface area contributed by atoms with Crippen molar-refractivity contribution in [1.29, 1.82) is 5.26 Å². The monoisotopic (exact) mass is 396 g/mol. The van der Waals surface area contributed by atoms with Crippen molar-refractivity contribution in [2.75, 3.05) is 12.4 Å². The lowest BCUT2D eigenvalue weighted by Gasteiger charge is -2.07. The van der Waals surface area contributed by atoms with Crippen molar-refractivity contribution in [2.45, 2.75) is 17.7 Å². The van der Waals surface area contributed by atoms with Gasteiger partial charge in [-0.05, 0) is 29.8 Å². The van der Waals surface area contributed by atoms with Crippen molar-refractivity contribution in [3.05, 3.63) is 58.5 Å². The number of benzene rings is 2. The number of ketones is 1. The molecular formula is C20H16N2O3S2. The minimum absolute atomic E-state index is 0.0964. The van der Waals surface area contributed by atoms with Gasteiger partial charge in [-0.1, -0.05) is 30.3 Å². The number of hydrogen-bond donors (Lipinski definition) is 0. The van der Waals surface area contributed by atoms with E-state index in [1.54, 1.807) is 12.3 Å². The molecule has 0 aliphatic rings. The zero-order valence-electron chi connectivity index (χ0n) is 14.5. The number of carbonyl (C=O) groups is 2. The highest BCUT2D eigenvalue weighted by Gasteiger charge is 2.24. The van der Waals surface area contributed by atoms with Crippen LogP contribution in [0.1, 0.15) is 16.6 Å². The van der Waals surface area contributed by atoms with Gasteiger partial charge in [0.1, 0.15) is 5.01 Å². The van der Waals surface area contributed by atoms with Crippen molar-refractivity contribution >= 4 is 45.6 Å². The maximum atomic E-state index is 12.2. The number of Topliss-reactive ketones (excluding diaryl/α,β-unsaturated/α-hetero) is 1. The SMILES string of the molecule is Cc1csc([C@@H](C#N)C(=O)COC(=O)CSc2ccc3ccccc3c2)n1. The van der Waals surface area contributed by atoms with Crippen molar-refractivity contribution < 1.29 is 14.3 Å². The minimum Gasteiger partial charge on any atom is -0.457 e. The number of rotatable bonds is 7. The number of aromatic nitrogens is 1. The van der Waals surface area contributed by atoms with E-state index in [2.05, 4.69) is 4.98 Å². The highest BCUT2D eigenvalue weighted by atomic mass is 32.2. The smallest absolute Gasteiger partial charge is 0.316 e. The normalized spacial score (nSPS) is 11.7. The molecule has 0 spiro atoms. The first kappa shape index (κ1) is 19.1. The molecule has 0 fully saturated rings. The predicted molar refractivity (Wildman–Crippen MR) is 106 cm³/mol. The fourth-order valence-corrected chi connectivity index (χ4v) is 4.05. The van der Waals surface area contributed by atoms with Gasteiger partial charge in [0, 0.05) is 16.0 Å².